The van der Waals surface area contributed by atoms with Gasteiger partial charge in [-0.2, -0.15) is 0 Å². The molecule has 124 valence electrons. The molecule has 0 atom stereocenters. The van der Waals surface area contributed by atoms with Crippen LogP contribution < -0.4 is 5.32 Å². The maximum atomic E-state index is 12.3. The Morgan fingerprint density at radius 3 is 2.92 bits per heavy atom. The molecule has 3 aromatic rings. The second-order valence-corrected chi connectivity index (χ2v) is 6.54. The number of hydrogen-bond donors (Lipinski definition) is 1. The van der Waals surface area contributed by atoms with Crippen LogP contribution in [-0.4, -0.2) is 27.9 Å². The van der Waals surface area contributed by atoms with Crippen LogP contribution >= 0.6 is 11.3 Å². The highest BCUT2D eigenvalue weighted by Crippen LogP contribution is 2.18. The van der Waals surface area contributed by atoms with Crippen LogP contribution in [0.1, 0.15) is 39.1 Å². The fourth-order valence-electron chi connectivity index (χ4n) is 2.22. The van der Waals surface area contributed by atoms with Crippen LogP contribution in [0.2, 0.25) is 0 Å². The van der Waals surface area contributed by atoms with Crippen molar-refractivity contribution >= 4 is 33.9 Å². The van der Waals surface area contributed by atoms with Crippen LogP contribution in [0.15, 0.2) is 36.7 Å². The van der Waals surface area contributed by atoms with Gasteiger partial charge in [0.1, 0.15) is 5.69 Å². The molecule has 0 saturated carbocycles. The van der Waals surface area contributed by atoms with Gasteiger partial charge in [0.2, 0.25) is 0 Å². The summed E-state index contributed by atoms with van der Waals surface area (Å²) >= 11 is 1.52. The van der Waals surface area contributed by atoms with Crippen molar-refractivity contribution in [1.29, 1.82) is 0 Å². The molecule has 0 saturated heterocycles. The van der Waals surface area contributed by atoms with Gasteiger partial charge in [-0.15, -0.1) is 11.3 Å². The number of nitrogens with zero attached hydrogens (tertiary/aromatic N) is 2. The van der Waals surface area contributed by atoms with Crippen LogP contribution in [-0.2, 0) is 4.74 Å². The highest BCUT2D eigenvalue weighted by atomic mass is 32.1. The summed E-state index contributed by atoms with van der Waals surface area (Å²) in [5.74, 6) is -0.714. The minimum atomic E-state index is -0.397. The van der Waals surface area contributed by atoms with Gasteiger partial charge in [-0.25, -0.2) is 9.78 Å². The van der Waals surface area contributed by atoms with Crippen molar-refractivity contribution in [3.8, 4) is 0 Å². The molecule has 1 N–H and O–H groups in total. The Labute approximate surface area is 143 Å². The number of amides is 1. The van der Waals surface area contributed by atoms with Gasteiger partial charge in [-0.3, -0.25) is 9.20 Å². The molecule has 0 aliphatic heterocycles. The predicted molar refractivity (Wildman–Crippen MR) is 92.8 cm³/mol. The lowest BCUT2D eigenvalue weighted by molar-refractivity contribution is 0.0505. The molecule has 2 aromatic heterocycles. The number of carbonyl (C=O) groups is 2. The minimum absolute atomic E-state index is 0.317. The van der Waals surface area contributed by atoms with Gasteiger partial charge in [0, 0.05) is 23.0 Å². The molecule has 0 bridgehead atoms. The average Bonchev–Trinajstić information content (AvgIpc) is 3.10. The van der Waals surface area contributed by atoms with Gasteiger partial charge in [0.25, 0.3) is 5.91 Å². The Kier molecular flexibility index (Phi) is 4.61. The topological polar surface area (TPSA) is 72.7 Å². The lowest BCUT2D eigenvalue weighted by Crippen LogP contribution is -2.13. The maximum Gasteiger partial charge on any atom is 0.338 e. The first-order valence-corrected chi connectivity index (χ1v) is 8.42. The van der Waals surface area contributed by atoms with Crippen LogP contribution in [0.25, 0.3) is 4.96 Å². The number of aryl methyl sites for hydroxylation is 1. The SMILES string of the molecule is CCCOC(=O)c1cccc(NC(=O)c2cn3cc(C)sc3n2)c1. The summed E-state index contributed by atoms with van der Waals surface area (Å²) in [5.41, 5.74) is 1.27. The van der Waals surface area contributed by atoms with E-state index in [0.29, 0.717) is 23.6 Å². The number of rotatable bonds is 5. The number of carbonyl (C=O) groups excluding carboxylic acids is 2. The molecule has 0 fully saturated rings. The molecule has 6 nitrogen and oxygen atoms in total. The number of anilines is 1. The second kappa shape index (κ2) is 6.84. The van der Waals surface area contributed by atoms with E-state index >= 15 is 0 Å². The van der Waals surface area contributed by atoms with E-state index in [1.165, 1.54) is 11.3 Å². The van der Waals surface area contributed by atoms with E-state index in [1.807, 2.05) is 24.4 Å². The molecule has 0 aliphatic rings. The first kappa shape index (κ1) is 16.2. The molecule has 0 aliphatic carbocycles. The second-order valence-electron chi connectivity index (χ2n) is 5.33. The van der Waals surface area contributed by atoms with Crippen LogP contribution in [0.4, 0.5) is 5.69 Å². The van der Waals surface area contributed by atoms with Crippen molar-refractivity contribution in [2.24, 2.45) is 0 Å². The molecule has 24 heavy (non-hydrogen) atoms. The number of hydrogen-bond acceptors (Lipinski definition) is 5. The Balaban J connectivity index is 1.73. The Bertz CT molecular complexity index is 866. The predicted octanol–water partition coefficient (Wildman–Crippen LogP) is 3.52. The fourth-order valence-corrected chi connectivity index (χ4v) is 3.03. The summed E-state index contributed by atoms with van der Waals surface area (Å²) in [6, 6.07) is 6.67. The Hall–Kier alpha value is -2.67. The Morgan fingerprint density at radius 2 is 2.17 bits per heavy atom. The minimum Gasteiger partial charge on any atom is -0.462 e. The van der Waals surface area contributed by atoms with E-state index in [-0.39, 0.29) is 5.91 Å². The third kappa shape index (κ3) is 3.46. The average molecular weight is 343 g/mol. The molecule has 1 amide bonds. The summed E-state index contributed by atoms with van der Waals surface area (Å²) in [5, 5.41) is 2.76. The summed E-state index contributed by atoms with van der Waals surface area (Å²) < 4.78 is 6.92. The van der Waals surface area contributed by atoms with E-state index in [4.69, 9.17) is 4.74 Å². The van der Waals surface area contributed by atoms with Crippen LogP contribution in [0.5, 0.6) is 0 Å². The first-order valence-electron chi connectivity index (χ1n) is 7.60. The number of thiazole rings is 1. The zero-order chi connectivity index (χ0) is 17.1. The van der Waals surface area contributed by atoms with Crippen molar-refractivity contribution in [3.63, 3.8) is 0 Å². The standard InChI is InChI=1S/C17H17N3O3S/c1-3-7-23-16(22)12-5-4-6-13(8-12)18-15(21)14-10-20-9-11(2)24-17(20)19-14/h4-6,8-10H,3,7H2,1-2H3,(H,18,21). The normalized spacial score (nSPS) is 10.8. The molecule has 3 rings (SSSR count). The number of imidazole rings is 1. The molecule has 7 heteroatoms. The van der Waals surface area contributed by atoms with E-state index in [9.17, 15) is 9.59 Å². The summed E-state index contributed by atoms with van der Waals surface area (Å²) in [6.45, 7) is 4.30. The number of aromatic nitrogens is 2. The van der Waals surface area contributed by atoms with Gasteiger partial charge < -0.3 is 10.1 Å². The van der Waals surface area contributed by atoms with Gasteiger partial charge in [-0.1, -0.05) is 13.0 Å². The summed E-state index contributed by atoms with van der Waals surface area (Å²) in [6.07, 6.45) is 4.38. The summed E-state index contributed by atoms with van der Waals surface area (Å²) in [4.78, 5) is 30.4. The van der Waals surface area contributed by atoms with Gasteiger partial charge in [0.15, 0.2) is 4.96 Å². The Morgan fingerprint density at radius 1 is 1.33 bits per heavy atom. The van der Waals surface area contributed by atoms with Gasteiger partial charge in [-0.05, 0) is 31.5 Å². The third-order valence-corrected chi connectivity index (χ3v) is 4.21. The highest BCUT2D eigenvalue weighted by molar-refractivity contribution is 7.17. The number of ether oxygens (including phenoxy) is 1. The quantitative estimate of drug-likeness (QED) is 0.719. The molecule has 0 unspecified atom stereocenters. The number of esters is 1. The lowest BCUT2D eigenvalue weighted by Gasteiger charge is -2.06. The molecule has 1 aromatic carbocycles. The molecular formula is C17H17N3O3S. The summed E-state index contributed by atoms with van der Waals surface area (Å²) in [7, 11) is 0. The smallest absolute Gasteiger partial charge is 0.338 e. The number of nitrogens with one attached hydrogen (secondary N) is 1. The van der Waals surface area contributed by atoms with Gasteiger partial charge >= 0.3 is 5.97 Å². The van der Waals surface area contributed by atoms with Crippen LogP contribution in [0.3, 0.4) is 0 Å². The van der Waals surface area contributed by atoms with Crippen molar-refractivity contribution in [1.82, 2.24) is 9.38 Å². The monoisotopic (exact) mass is 343 g/mol. The van der Waals surface area contributed by atoms with Gasteiger partial charge in [0.05, 0.1) is 12.2 Å². The van der Waals surface area contributed by atoms with Crippen molar-refractivity contribution in [2.75, 3.05) is 11.9 Å². The highest BCUT2D eigenvalue weighted by Gasteiger charge is 2.14. The zero-order valence-electron chi connectivity index (χ0n) is 13.4. The number of benzene rings is 1. The fraction of sp³-hybridized carbons (Fsp3) is 0.235. The molecule has 0 radical (unpaired) electrons. The lowest BCUT2D eigenvalue weighted by atomic mass is 10.2. The van der Waals surface area contributed by atoms with Crippen LogP contribution in [0, 0.1) is 6.92 Å². The van der Waals surface area contributed by atoms with E-state index < -0.39 is 5.97 Å². The van der Waals surface area contributed by atoms with Crippen molar-refractivity contribution in [2.45, 2.75) is 20.3 Å². The van der Waals surface area contributed by atoms with E-state index in [2.05, 4.69) is 10.3 Å². The first-order chi connectivity index (χ1) is 11.6. The molecule has 0 spiro atoms. The van der Waals surface area contributed by atoms with Crippen molar-refractivity contribution in [3.05, 3.63) is 52.8 Å². The third-order valence-electron chi connectivity index (χ3n) is 3.30. The van der Waals surface area contributed by atoms with E-state index in [1.54, 1.807) is 30.5 Å². The largest absolute Gasteiger partial charge is 0.462 e. The van der Waals surface area contributed by atoms with Crippen molar-refractivity contribution < 1.29 is 14.3 Å². The maximum absolute atomic E-state index is 12.3. The molecule has 2 heterocycles. The molecular weight excluding hydrogens is 326 g/mol. The number of fused-ring (bicyclic) bond motifs is 1. The van der Waals surface area contributed by atoms with E-state index in [0.717, 1.165) is 16.3 Å². The zero-order valence-corrected chi connectivity index (χ0v) is 14.2.